The number of H-pyrrole nitrogens is 1. The Kier molecular flexibility index (Phi) is 5.02. The quantitative estimate of drug-likeness (QED) is 0.502. The Hall–Kier alpha value is -2.54. The van der Waals surface area contributed by atoms with Crippen LogP contribution in [-0.2, 0) is 25.6 Å². The van der Waals surface area contributed by atoms with Crippen molar-refractivity contribution in [2.45, 2.75) is 38.4 Å². The van der Waals surface area contributed by atoms with Crippen LogP contribution in [-0.4, -0.2) is 10.1 Å². The molecular formula is C21H20F3N3S. The number of hydrogen-bond acceptors (Lipinski definition) is 1. The van der Waals surface area contributed by atoms with Gasteiger partial charge in [0.15, 0.2) is 5.11 Å². The van der Waals surface area contributed by atoms with E-state index in [1.54, 1.807) is 0 Å². The topological polar surface area (TPSA) is 39.8 Å². The van der Waals surface area contributed by atoms with Gasteiger partial charge in [0.2, 0.25) is 0 Å². The minimum atomic E-state index is -4.34. The summed E-state index contributed by atoms with van der Waals surface area (Å²) >= 11 is 5.27. The van der Waals surface area contributed by atoms with E-state index in [0.717, 1.165) is 30.5 Å². The van der Waals surface area contributed by atoms with Crippen molar-refractivity contribution in [3.8, 4) is 0 Å². The zero-order valence-corrected chi connectivity index (χ0v) is 15.9. The summed E-state index contributed by atoms with van der Waals surface area (Å²) in [6.07, 6.45) is 0.341. The number of alkyl halides is 3. The van der Waals surface area contributed by atoms with E-state index >= 15 is 0 Å². The number of nitrogens with one attached hydrogen (secondary N) is 3. The van der Waals surface area contributed by atoms with Gasteiger partial charge in [-0.2, -0.15) is 13.2 Å². The van der Waals surface area contributed by atoms with Gasteiger partial charge >= 0.3 is 6.18 Å². The van der Waals surface area contributed by atoms with Gasteiger partial charge in [0.05, 0.1) is 5.56 Å². The molecule has 4 rings (SSSR count). The standard InChI is InChI=1S/C21H20F3N3S/c22-21(23,24)14-6-8-15(9-7-14)26-20(28)25-12-13-5-10-19-17(11-13)16-3-1-2-4-18(16)27-19/h5-11,27H,1-4,12H2,(H2,25,26,28). The fourth-order valence-corrected chi connectivity index (χ4v) is 3.85. The van der Waals surface area contributed by atoms with Crippen molar-refractivity contribution in [2.24, 2.45) is 0 Å². The summed E-state index contributed by atoms with van der Waals surface area (Å²) in [5.74, 6) is 0. The molecule has 146 valence electrons. The molecule has 28 heavy (non-hydrogen) atoms. The molecule has 0 unspecified atom stereocenters. The third-order valence-electron chi connectivity index (χ3n) is 5.09. The smallest absolute Gasteiger partial charge is 0.358 e. The molecule has 1 aliphatic carbocycles. The van der Waals surface area contributed by atoms with Gasteiger partial charge in [-0.1, -0.05) is 6.07 Å². The Morgan fingerprint density at radius 3 is 2.54 bits per heavy atom. The normalized spacial score (nSPS) is 14.0. The summed E-state index contributed by atoms with van der Waals surface area (Å²) in [5.41, 5.74) is 4.89. The van der Waals surface area contributed by atoms with Crippen LogP contribution in [0.4, 0.5) is 18.9 Å². The summed E-state index contributed by atoms with van der Waals surface area (Å²) in [4.78, 5) is 3.52. The van der Waals surface area contributed by atoms with Crippen molar-refractivity contribution in [1.82, 2.24) is 10.3 Å². The second-order valence-corrected chi connectivity index (χ2v) is 7.46. The van der Waals surface area contributed by atoms with E-state index < -0.39 is 11.7 Å². The first-order chi connectivity index (χ1) is 13.4. The van der Waals surface area contributed by atoms with Crippen LogP contribution in [0.5, 0.6) is 0 Å². The maximum atomic E-state index is 12.6. The molecule has 0 saturated heterocycles. The van der Waals surface area contributed by atoms with Gasteiger partial charge < -0.3 is 15.6 Å². The molecule has 2 aromatic carbocycles. The second-order valence-electron chi connectivity index (χ2n) is 7.05. The molecule has 3 nitrogen and oxygen atoms in total. The maximum Gasteiger partial charge on any atom is 0.416 e. The number of aryl methyl sites for hydroxylation is 2. The van der Waals surface area contributed by atoms with Crippen LogP contribution in [0.25, 0.3) is 10.9 Å². The molecule has 0 spiro atoms. The van der Waals surface area contributed by atoms with E-state index in [2.05, 4.69) is 33.8 Å². The molecular weight excluding hydrogens is 383 g/mol. The first-order valence-electron chi connectivity index (χ1n) is 9.24. The highest BCUT2D eigenvalue weighted by atomic mass is 32.1. The van der Waals surface area contributed by atoms with Crippen LogP contribution >= 0.6 is 12.2 Å². The third-order valence-corrected chi connectivity index (χ3v) is 5.33. The number of aromatic amines is 1. The summed E-state index contributed by atoms with van der Waals surface area (Å²) in [5, 5.41) is 7.68. The fourth-order valence-electron chi connectivity index (χ4n) is 3.66. The molecule has 1 aliphatic rings. The second kappa shape index (κ2) is 7.47. The number of aromatic nitrogens is 1. The lowest BCUT2D eigenvalue weighted by Gasteiger charge is -2.13. The lowest BCUT2D eigenvalue weighted by atomic mass is 9.95. The molecule has 0 amide bonds. The third kappa shape index (κ3) is 3.99. The fraction of sp³-hybridized carbons (Fsp3) is 0.286. The number of hydrogen-bond donors (Lipinski definition) is 3. The van der Waals surface area contributed by atoms with Crippen molar-refractivity contribution < 1.29 is 13.2 Å². The lowest BCUT2D eigenvalue weighted by Crippen LogP contribution is -2.27. The van der Waals surface area contributed by atoms with E-state index in [0.29, 0.717) is 17.3 Å². The minimum absolute atomic E-state index is 0.371. The van der Waals surface area contributed by atoms with E-state index in [9.17, 15) is 13.2 Å². The average molecular weight is 403 g/mol. The molecule has 0 fully saturated rings. The Morgan fingerprint density at radius 1 is 1.04 bits per heavy atom. The molecule has 7 heteroatoms. The number of fused-ring (bicyclic) bond motifs is 3. The monoisotopic (exact) mass is 403 g/mol. The number of thiocarbonyl (C=S) groups is 1. The molecule has 0 atom stereocenters. The highest BCUT2D eigenvalue weighted by Crippen LogP contribution is 2.30. The summed E-state index contributed by atoms with van der Waals surface area (Å²) in [6, 6.07) is 11.1. The molecule has 3 N–H and O–H groups in total. The summed E-state index contributed by atoms with van der Waals surface area (Å²) in [6.45, 7) is 0.544. The molecule has 0 aliphatic heterocycles. The first kappa shape index (κ1) is 18.8. The highest BCUT2D eigenvalue weighted by Gasteiger charge is 2.29. The zero-order valence-electron chi connectivity index (χ0n) is 15.1. The molecule has 0 saturated carbocycles. The van der Waals surface area contributed by atoms with Crippen molar-refractivity contribution in [3.05, 3.63) is 64.8 Å². The Morgan fingerprint density at radius 2 is 1.79 bits per heavy atom. The molecule has 0 bridgehead atoms. The van der Waals surface area contributed by atoms with Crippen molar-refractivity contribution >= 4 is 33.9 Å². The lowest BCUT2D eigenvalue weighted by molar-refractivity contribution is -0.137. The predicted molar refractivity (Wildman–Crippen MR) is 109 cm³/mol. The van der Waals surface area contributed by atoms with Crippen LogP contribution in [0, 0.1) is 0 Å². The van der Waals surface area contributed by atoms with Gasteiger partial charge in [-0.15, -0.1) is 0 Å². The van der Waals surface area contributed by atoms with E-state index in [4.69, 9.17) is 12.2 Å². The molecule has 3 aromatic rings. The van der Waals surface area contributed by atoms with Crippen molar-refractivity contribution in [3.63, 3.8) is 0 Å². The van der Waals surface area contributed by atoms with Crippen LogP contribution in [0.1, 0.15) is 35.2 Å². The summed E-state index contributed by atoms with van der Waals surface area (Å²) < 4.78 is 37.9. The van der Waals surface area contributed by atoms with Gasteiger partial charge in [0.25, 0.3) is 0 Å². The Labute approximate surface area is 166 Å². The average Bonchev–Trinajstić information content (AvgIpc) is 3.04. The highest BCUT2D eigenvalue weighted by molar-refractivity contribution is 7.80. The Balaban J connectivity index is 1.39. The first-order valence-corrected chi connectivity index (χ1v) is 9.65. The molecule has 1 heterocycles. The largest absolute Gasteiger partial charge is 0.416 e. The zero-order chi connectivity index (χ0) is 19.7. The van der Waals surface area contributed by atoms with E-state index in [1.165, 1.54) is 47.1 Å². The minimum Gasteiger partial charge on any atom is -0.358 e. The van der Waals surface area contributed by atoms with Crippen LogP contribution in [0.15, 0.2) is 42.5 Å². The van der Waals surface area contributed by atoms with Gasteiger partial charge in [0, 0.05) is 28.8 Å². The maximum absolute atomic E-state index is 12.6. The van der Waals surface area contributed by atoms with Crippen molar-refractivity contribution in [1.29, 1.82) is 0 Å². The van der Waals surface area contributed by atoms with E-state index in [-0.39, 0.29) is 0 Å². The SMILES string of the molecule is FC(F)(F)c1ccc(NC(=S)NCc2ccc3[nH]c4c(c3c2)CCCC4)cc1. The van der Waals surface area contributed by atoms with Crippen LogP contribution < -0.4 is 10.6 Å². The predicted octanol–water partition coefficient (Wildman–Crippen LogP) is 5.55. The Bertz CT molecular complexity index is 1010. The van der Waals surface area contributed by atoms with E-state index in [1.807, 2.05) is 0 Å². The van der Waals surface area contributed by atoms with Gasteiger partial charge in [0.1, 0.15) is 0 Å². The van der Waals surface area contributed by atoms with Crippen molar-refractivity contribution in [2.75, 3.05) is 5.32 Å². The number of halogens is 3. The van der Waals surface area contributed by atoms with Gasteiger partial charge in [-0.3, -0.25) is 0 Å². The molecule has 0 radical (unpaired) electrons. The van der Waals surface area contributed by atoms with Crippen LogP contribution in [0.2, 0.25) is 0 Å². The van der Waals surface area contributed by atoms with Gasteiger partial charge in [-0.05, 0) is 85.4 Å². The number of rotatable bonds is 3. The number of anilines is 1. The van der Waals surface area contributed by atoms with Gasteiger partial charge in [-0.25, -0.2) is 0 Å². The molecule has 1 aromatic heterocycles. The number of benzene rings is 2. The van der Waals surface area contributed by atoms with Crippen LogP contribution in [0.3, 0.4) is 0 Å². The summed E-state index contributed by atoms with van der Waals surface area (Å²) in [7, 11) is 0.